The second kappa shape index (κ2) is 10.5. The van der Waals surface area contributed by atoms with Crippen LogP contribution in [0.5, 0.6) is 0 Å². The van der Waals surface area contributed by atoms with Crippen molar-refractivity contribution < 1.29 is 18.0 Å². The van der Waals surface area contributed by atoms with Crippen molar-refractivity contribution in [2.45, 2.75) is 102 Å². The maximum Gasteiger partial charge on any atom is 0.396 e. The Hall–Kier alpha value is -2.69. The topological polar surface area (TPSA) is 88.0 Å². The zero-order valence-corrected chi connectivity index (χ0v) is 22.4. The highest BCUT2D eigenvalue weighted by Gasteiger charge is 2.48. The number of carbonyl (C=O) groups is 1. The predicted molar refractivity (Wildman–Crippen MR) is 139 cm³/mol. The number of halogens is 3. The van der Waals surface area contributed by atoms with E-state index in [1.165, 1.54) is 37.7 Å². The third-order valence-corrected chi connectivity index (χ3v) is 8.02. The summed E-state index contributed by atoms with van der Waals surface area (Å²) in [6, 6.07) is 0. The SMILES string of the molecule is CC(C)(C)NCCn1cc(C2CCCC2)nc1C1CCN(c2ncnc3c2C(C(F)(F)F)CC(=O)N3)CC1. The average molecular weight is 534 g/mol. The lowest BCUT2D eigenvalue weighted by atomic mass is 9.90. The molecule has 1 aliphatic carbocycles. The quantitative estimate of drug-likeness (QED) is 0.538. The Morgan fingerprint density at radius 2 is 1.76 bits per heavy atom. The molecule has 1 saturated heterocycles. The Bertz CT molecular complexity index is 1140. The standard InChI is InChI=1S/C27H38F3N7O/c1-26(2,3)33-10-13-37-15-20(17-6-4-5-7-17)34-24(37)18-8-11-36(12-9-18)25-22-19(27(28,29)30)14-21(38)35-23(22)31-16-32-25/h15-19,33H,4-14H2,1-3H3,(H,31,32,35,38). The number of aromatic nitrogens is 4. The minimum absolute atomic E-state index is 0.0173. The molecule has 1 unspecified atom stereocenters. The largest absolute Gasteiger partial charge is 0.396 e. The van der Waals surface area contributed by atoms with Crippen molar-refractivity contribution >= 4 is 17.5 Å². The van der Waals surface area contributed by atoms with Crippen molar-refractivity contribution in [1.82, 2.24) is 24.8 Å². The van der Waals surface area contributed by atoms with Gasteiger partial charge in [-0.25, -0.2) is 15.0 Å². The summed E-state index contributed by atoms with van der Waals surface area (Å²) >= 11 is 0. The maximum absolute atomic E-state index is 13.9. The van der Waals surface area contributed by atoms with Crippen molar-refractivity contribution in [3.8, 4) is 0 Å². The molecule has 2 aliphatic heterocycles. The first-order valence-electron chi connectivity index (χ1n) is 13.8. The molecule has 8 nitrogen and oxygen atoms in total. The van der Waals surface area contributed by atoms with Crippen molar-refractivity contribution in [2.75, 3.05) is 29.9 Å². The van der Waals surface area contributed by atoms with Gasteiger partial charge < -0.3 is 20.1 Å². The maximum atomic E-state index is 13.9. The molecule has 38 heavy (non-hydrogen) atoms. The van der Waals surface area contributed by atoms with E-state index < -0.39 is 24.4 Å². The van der Waals surface area contributed by atoms with E-state index in [4.69, 9.17) is 4.98 Å². The summed E-state index contributed by atoms with van der Waals surface area (Å²) in [6.45, 7) is 9.27. The number of nitrogens with zero attached hydrogens (tertiary/aromatic N) is 5. The fourth-order valence-electron chi connectivity index (χ4n) is 6.08. The second-order valence-corrected chi connectivity index (χ2v) is 11.9. The highest BCUT2D eigenvalue weighted by atomic mass is 19.4. The van der Waals surface area contributed by atoms with Crippen LogP contribution in [0.15, 0.2) is 12.5 Å². The molecule has 3 aliphatic rings. The number of hydrogen-bond acceptors (Lipinski definition) is 6. The monoisotopic (exact) mass is 533 g/mol. The average Bonchev–Trinajstić information content (AvgIpc) is 3.52. The van der Waals surface area contributed by atoms with Gasteiger partial charge in [-0.3, -0.25) is 4.79 Å². The number of piperidine rings is 1. The van der Waals surface area contributed by atoms with Gasteiger partial charge in [0.25, 0.3) is 0 Å². The Balaban J connectivity index is 1.35. The lowest BCUT2D eigenvalue weighted by molar-refractivity contribution is -0.156. The van der Waals surface area contributed by atoms with Gasteiger partial charge in [-0.1, -0.05) is 12.8 Å². The van der Waals surface area contributed by atoms with Crippen LogP contribution in [0, 0.1) is 0 Å². The van der Waals surface area contributed by atoms with E-state index in [1.54, 1.807) is 0 Å². The van der Waals surface area contributed by atoms with E-state index in [2.05, 4.69) is 52.1 Å². The van der Waals surface area contributed by atoms with E-state index in [1.807, 2.05) is 4.90 Å². The van der Waals surface area contributed by atoms with Gasteiger partial charge in [0, 0.05) is 56.2 Å². The minimum atomic E-state index is -4.55. The van der Waals surface area contributed by atoms with Gasteiger partial charge in [-0.2, -0.15) is 13.2 Å². The van der Waals surface area contributed by atoms with Crippen molar-refractivity contribution in [3.63, 3.8) is 0 Å². The molecule has 1 saturated carbocycles. The van der Waals surface area contributed by atoms with Crippen molar-refractivity contribution in [2.24, 2.45) is 0 Å². The number of anilines is 2. The molecule has 2 aromatic rings. The predicted octanol–water partition coefficient (Wildman–Crippen LogP) is 5.09. The van der Waals surface area contributed by atoms with E-state index >= 15 is 0 Å². The summed E-state index contributed by atoms with van der Waals surface area (Å²) in [5.41, 5.74) is 1.20. The zero-order chi connectivity index (χ0) is 27.1. The van der Waals surface area contributed by atoms with Gasteiger partial charge in [0.2, 0.25) is 5.91 Å². The van der Waals surface area contributed by atoms with Crippen molar-refractivity contribution in [1.29, 1.82) is 0 Å². The molecule has 11 heteroatoms. The first-order valence-corrected chi connectivity index (χ1v) is 13.8. The molecular formula is C27H38F3N7O. The first kappa shape index (κ1) is 26.9. The molecule has 5 rings (SSSR count). The Morgan fingerprint density at radius 1 is 1.05 bits per heavy atom. The molecule has 4 heterocycles. The molecule has 0 spiro atoms. The van der Waals surface area contributed by atoms with Gasteiger partial charge in [0.1, 0.15) is 23.8 Å². The second-order valence-electron chi connectivity index (χ2n) is 11.9. The summed E-state index contributed by atoms with van der Waals surface area (Å²) < 4.78 is 44.0. The number of imidazole rings is 1. The summed E-state index contributed by atoms with van der Waals surface area (Å²) in [7, 11) is 0. The fourth-order valence-corrected chi connectivity index (χ4v) is 6.08. The molecule has 2 fully saturated rings. The molecule has 1 atom stereocenters. The lowest BCUT2D eigenvalue weighted by Gasteiger charge is -2.36. The molecule has 2 aromatic heterocycles. The first-order chi connectivity index (χ1) is 18.0. The van der Waals surface area contributed by atoms with Crippen LogP contribution >= 0.6 is 0 Å². The van der Waals surface area contributed by atoms with Crippen LogP contribution < -0.4 is 15.5 Å². The normalized spacial score (nSPS) is 21.6. The van der Waals surface area contributed by atoms with Crippen LogP contribution in [0.3, 0.4) is 0 Å². The molecule has 208 valence electrons. The highest BCUT2D eigenvalue weighted by molar-refractivity contribution is 5.94. The number of carbonyl (C=O) groups excluding carboxylic acids is 1. The van der Waals surface area contributed by atoms with Gasteiger partial charge >= 0.3 is 6.18 Å². The number of alkyl halides is 3. The number of rotatable bonds is 6. The smallest absolute Gasteiger partial charge is 0.356 e. The third kappa shape index (κ3) is 5.82. The summed E-state index contributed by atoms with van der Waals surface area (Å²) in [5, 5.41) is 6.07. The Kier molecular flexibility index (Phi) is 7.41. The van der Waals surface area contributed by atoms with Crippen LogP contribution in [0.25, 0.3) is 0 Å². The molecule has 2 N–H and O–H groups in total. The van der Waals surface area contributed by atoms with Crippen LogP contribution in [-0.4, -0.2) is 56.8 Å². The van der Waals surface area contributed by atoms with Gasteiger partial charge in [-0.05, 0) is 46.5 Å². The zero-order valence-electron chi connectivity index (χ0n) is 22.4. The van der Waals surface area contributed by atoms with Gasteiger partial charge in [0.05, 0.1) is 17.2 Å². The molecule has 0 radical (unpaired) electrons. The van der Waals surface area contributed by atoms with Crippen LogP contribution in [0.4, 0.5) is 24.8 Å². The number of fused-ring (bicyclic) bond motifs is 1. The lowest BCUT2D eigenvalue weighted by Crippen LogP contribution is -2.39. The number of hydrogen-bond donors (Lipinski definition) is 2. The molecule has 0 bridgehead atoms. The van der Waals surface area contributed by atoms with Gasteiger partial charge in [0.15, 0.2) is 0 Å². The van der Waals surface area contributed by atoms with Crippen LogP contribution in [-0.2, 0) is 11.3 Å². The number of amides is 1. The molecular weight excluding hydrogens is 495 g/mol. The van der Waals surface area contributed by atoms with Crippen LogP contribution in [0.2, 0.25) is 0 Å². The molecule has 0 aromatic carbocycles. The highest BCUT2D eigenvalue weighted by Crippen LogP contribution is 2.46. The Morgan fingerprint density at radius 3 is 2.42 bits per heavy atom. The summed E-state index contributed by atoms with van der Waals surface area (Å²) in [4.78, 5) is 27.2. The summed E-state index contributed by atoms with van der Waals surface area (Å²) in [5.74, 6) is -0.483. The number of nitrogens with one attached hydrogen (secondary N) is 2. The fraction of sp³-hybridized carbons (Fsp3) is 0.704. The van der Waals surface area contributed by atoms with E-state index in [0.29, 0.717) is 19.0 Å². The summed E-state index contributed by atoms with van der Waals surface area (Å²) in [6.07, 6.45) is 4.70. The van der Waals surface area contributed by atoms with Gasteiger partial charge in [-0.15, -0.1) is 0 Å². The molecule has 1 amide bonds. The third-order valence-electron chi connectivity index (χ3n) is 8.02. The van der Waals surface area contributed by atoms with E-state index in [0.717, 1.165) is 31.8 Å². The van der Waals surface area contributed by atoms with E-state index in [9.17, 15) is 18.0 Å². The Labute approximate surface area is 221 Å². The van der Waals surface area contributed by atoms with Crippen LogP contribution in [0.1, 0.15) is 101 Å². The van der Waals surface area contributed by atoms with E-state index in [-0.39, 0.29) is 28.7 Å². The van der Waals surface area contributed by atoms with Crippen molar-refractivity contribution in [3.05, 3.63) is 29.6 Å². The minimum Gasteiger partial charge on any atom is -0.356 e.